The summed E-state index contributed by atoms with van der Waals surface area (Å²) in [6, 6.07) is 0. The topological polar surface area (TPSA) is 9.23 Å². The Labute approximate surface area is 94.1 Å². The molecule has 68 valence electrons. The number of hydrogen-bond donors (Lipinski definition) is 0. The third kappa shape index (κ3) is 9.77. The van der Waals surface area contributed by atoms with Gasteiger partial charge >= 0.3 is 18.9 Å². The maximum absolute atomic E-state index is 6.96. The summed E-state index contributed by atoms with van der Waals surface area (Å²) >= 11 is 0. The molecule has 2 heteroatoms. The molecule has 0 fully saturated rings. The zero-order chi connectivity index (χ0) is 9.23. The summed E-state index contributed by atoms with van der Waals surface area (Å²) in [6.45, 7) is 6.23. The molecule has 0 aliphatic heterocycles. The van der Waals surface area contributed by atoms with Crippen LogP contribution in [0.5, 0.6) is 0 Å². The van der Waals surface area contributed by atoms with Gasteiger partial charge in [0.2, 0.25) is 0 Å². The van der Waals surface area contributed by atoms with Gasteiger partial charge in [-0.1, -0.05) is 25.8 Å². The normalized spacial score (nSPS) is 11.1. The van der Waals surface area contributed by atoms with Gasteiger partial charge in [-0.3, -0.25) is 0 Å². The van der Waals surface area contributed by atoms with Gasteiger partial charge in [0.1, 0.15) is 0 Å². The zero-order valence-corrected chi connectivity index (χ0v) is 8.81. The number of rotatable bonds is 7. The molecule has 0 bridgehead atoms. The third-order valence-corrected chi connectivity index (χ3v) is 1.65. The molecule has 0 spiro atoms. The van der Waals surface area contributed by atoms with Gasteiger partial charge in [-0.2, -0.15) is 0 Å². The van der Waals surface area contributed by atoms with E-state index in [1.165, 1.54) is 12.8 Å². The second-order valence-corrected chi connectivity index (χ2v) is 2.75. The van der Waals surface area contributed by atoms with Crippen molar-refractivity contribution in [3.63, 3.8) is 0 Å². The molecular weight excluding hydrogens is 155 g/mol. The van der Waals surface area contributed by atoms with E-state index in [2.05, 4.69) is 19.4 Å². The Morgan fingerprint density at radius 2 is 2.23 bits per heavy atom. The minimum Gasteiger partial charge on any atom is -0.691 e. The first-order valence-electron chi connectivity index (χ1n) is 4.49. The van der Waals surface area contributed by atoms with Crippen LogP contribution < -0.4 is 18.9 Å². The van der Waals surface area contributed by atoms with Crippen LogP contribution in [0.2, 0.25) is 0 Å². The molecule has 0 radical (unpaired) electrons. The Kier molecular flexibility index (Phi) is 14.0. The van der Waals surface area contributed by atoms with Gasteiger partial charge in [0.25, 0.3) is 0 Å². The first kappa shape index (κ1) is 15.3. The largest absolute Gasteiger partial charge is 1.00 e. The summed E-state index contributed by atoms with van der Waals surface area (Å²) in [6.07, 6.45) is 13.0. The van der Waals surface area contributed by atoms with E-state index in [0.717, 1.165) is 12.8 Å². The van der Waals surface area contributed by atoms with E-state index < -0.39 is 0 Å². The molecule has 0 aromatic carbocycles. The van der Waals surface area contributed by atoms with Crippen molar-refractivity contribution in [3.05, 3.63) is 19.1 Å². The smallest absolute Gasteiger partial charge is 0.691 e. The minimum atomic E-state index is -0.130. The van der Waals surface area contributed by atoms with E-state index >= 15 is 0 Å². The molecule has 1 atom stereocenters. The van der Waals surface area contributed by atoms with Crippen LogP contribution in [-0.2, 0) is 4.74 Å². The monoisotopic (exact) mass is 172 g/mol. The fourth-order valence-corrected chi connectivity index (χ4v) is 0.961. The van der Waals surface area contributed by atoms with Gasteiger partial charge < -0.3 is 17.1 Å². The molecule has 0 N–H and O–H groups in total. The van der Waals surface area contributed by atoms with Crippen molar-refractivity contribution in [1.82, 2.24) is 0 Å². The van der Waals surface area contributed by atoms with Crippen molar-refractivity contribution in [2.45, 2.75) is 38.7 Å². The summed E-state index contributed by atoms with van der Waals surface area (Å²) < 4.78 is 5.27. The molecule has 0 aliphatic carbocycles. The second kappa shape index (κ2) is 11.9. The number of ether oxygens (including phenoxy) is 1. The Bertz CT molecular complexity index is 149. The van der Waals surface area contributed by atoms with E-state index in [0.29, 0.717) is 6.61 Å². The van der Waals surface area contributed by atoms with Crippen molar-refractivity contribution in [2.75, 3.05) is 6.61 Å². The summed E-state index contributed by atoms with van der Waals surface area (Å²) in [5.74, 6) is 2.38. The van der Waals surface area contributed by atoms with E-state index in [9.17, 15) is 0 Å². The fourth-order valence-electron chi connectivity index (χ4n) is 0.961. The quantitative estimate of drug-likeness (QED) is 0.169. The summed E-state index contributed by atoms with van der Waals surface area (Å²) in [4.78, 5) is 0. The van der Waals surface area contributed by atoms with Gasteiger partial charge in [0.15, 0.2) is 0 Å². The molecule has 0 saturated carbocycles. The molecule has 0 heterocycles. The van der Waals surface area contributed by atoms with Crippen LogP contribution in [0.1, 0.15) is 32.6 Å². The Morgan fingerprint density at radius 1 is 1.54 bits per heavy atom. The van der Waals surface area contributed by atoms with E-state index in [1.54, 1.807) is 6.08 Å². The summed E-state index contributed by atoms with van der Waals surface area (Å²) in [7, 11) is 0. The average molecular weight is 172 g/mol. The summed E-state index contributed by atoms with van der Waals surface area (Å²) in [5.41, 5.74) is 0. The first-order valence-corrected chi connectivity index (χ1v) is 4.49. The van der Waals surface area contributed by atoms with Crippen LogP contribution in [0.25, 0.3) is 0 Å². The predicted octanol–water partition coefficient (Wildman–Crippen LogP) is -0.268. The van der Waals surface area contributed by atoms with Crippen molar-refractivity contribution < 1.29 is 23.6 Å². The molecule has 0 aromatic heterocycles. The summed E-state index contributed by atoms with van der Waals surface area (Å²) in [5, 5.41) is 0. The van der Waals surface area contributed by atoms with Crippen molar-refractivity contribution in [1.29, 1.82) is 0 Å². The van der Waals surface area contributed by atoms with Gasteiger partial charge in [0, 0.05) is 0 Å². The van der Waals surface area contributed by atoms with Crippen LogP contribution in [0.3, 0.4) is 0 Å². The first-order chi connectivity index (χ1) is 5.85. The van der Waals surface area contributed by atoms with Crippen molar-refractivity contribution >= 4 is 0 Å². The molecule has 0 amide bonds. The standard InChI is InChI=1S/C11H17O.Li/c1-4-7-8-9-11(6-3)12-10-5-2;/h5,11H,2,4,7-10H2,1H3;/q-1;+1. The zero-order valence-electron chi connectivity index (χ0n) is 8.81. The van der Waals surface area contributed by atoms with Gasteiger partial charge in [-0.05, 0) is 12.8 Å². The maximum Gasteiger partial charge on any atom is 1.00 e. The molecule has 0 saturated heterocycles. The molecular formula is C11H17LiO. The van der Waals surface area contributed by atoms with Crippen LogP contribution in [0.15, 0.2) is 12.7 Å². The molecule has 0 aliphatic rings. The van der Waals surface area contributed by atoms with E-state index in [-0.39, 0.29) is 25.0 Å². The van der Waals surface area contributed by atoms with Crippen LogP contribution in [0.4, 0.5) is 0 Å². The molecule has 13 heavy (non-hydrogen) atoms. The van der Waals surface area contributed by atoms with Gasteiger partial charge in [0.05, 0.1) is 12.7 Å². The Hall–Kier alpha value is -0.143. The number of unbranched alkanes of at least 4 members (excludes halogenated alkanes) is 2. The molecule has 1 nitrogen and oxygen atoms in total. The maximum atomic E-state index is 6.96. The Morgan fingerprint density at radius 3 is 2.69 bits per heavy atom. The Balaban J connectivity index is 0. The SMILES string of the molecule is [C-]#CC(CCCCC)OCC=C.[Li+]. The van der Waals surface area contributed by atoms with Crippen LogP contribution in [0, 0.1) is 12.3 Å². The van der Waals surface area contributed by atoms with Crippen molar-refractivity contribution in [3.8, 4) is 5.92 Å². The average Bonchev–Trinajstić information content (AvgIpc) is 2.11. The van der Waals surface area contributed by atoms with Gasteiger partial charge in [-0.25, -0.2) is 0 Å². The molecule has 0 aromatic rings. The molecule has 1 unspecified atom stereocenters. The predicted molar refractivity (Wildman–Crippen MR) is 51.2 cm³/mol. The van der Waals surface area contributed by atoms with Crippen LogP contribution >= 0.6 is 0 Å². The fraction of sp³-hybridized carbons (Fsp3) is 0.636. The second-order valence-electron chi connectivity index (χ2n) is 2.75. The van der Waals surface area contributed by atoms with E-state index in [1.807, 2.05) is 0 Å². The van der Waals surface area contributed by atoms with Crippen molar-refractivity contribution in [2.24, 2.45) is 0 Å². The van der Waals surface area contributed by atoms with Gasteiger partial charge in [-0.15, -0.1) is 6.58 Å². The van der Waals surface area contributed by atoms with Crippen LogP contribution in [-0.4, -0.2) is 12.7 Å². The van der Waals surface area contributed by atoms with E-state index in [4.69, 9.17) is 11.2 Å². The third-order valence-electron chi connectivity index (χ3n) is 1.65. The number of hydrogen-bond acceptors (Lipinski definition) is 1. The minimum absolute atomic E-state index is 0. The molecule has 0 rings (SSSR count).